The van der Waals surface area contributed by atoms with Crippen molar-refractivity contribution in [3.05, 3.63) is 0 Å². The van der Waals surface area contributed by atoms with E-state index in [1.165, 1.54) is 19.3 Å². The standard InChI is InChI=1S/C10H21NO/c1-9(2)11-6-5-10-4-3-7-12-8-10/h9-11H,3-8H2,1-2H3/t10-/m1/s1. The molecule has 0 amide bonds. The largest absolute Gasteiger partial charge is 0.381 e. The molecule has 1 rings (SSSR count). The van der Waals surface area contributed by atoms with Crippen molar-refractivity contribution in [2.75, 3.05) is 19.8 Å². The first-order valence-electron chi connectivity index (χ1n) is 5.10. The molecule has 0 bridgehead atoms. The molecule has 2 nitrogen and oxygen atoms in total. The maximum Gasteiger partial charge on any atom is 0.0494 e. The highest BCUT2D eigenvalue weighted by Crippen LogP contribution is 2.16. The Morgan fingerprint density at radius 2 is 2.33 bits per heavy atom. The van der Waals surface area contributed by atoms with Crippen LogP contribution in [-0.2, 0) is 4.74 Å². The predicted octanol–water partition coefficient (Wildman–Crippen LogP) is 1.80. The van der Waals surface area contributed by atoms with E-state index >= 15 is 0 Å². The van der Waals surface area contributed by atoms with E-state index in [0.717, 1.165) is 25.7 Å². The molecule has 1 saturated heterocycles. The topological polar surface area (TPSA) is 21.3 Å². The first-order chi connectivity index (χ1) is 5.79. The molecule has 0 spiro atoms. The number of hydrogen-bond donors (Lipinski definition) is 1. The van der Waals surface area contributed by atoms with E-state index in [2.05, 4.69) is 19.2 Å². The zero-order valence-electron chi connectivity index (χ0n) is 8.31. The minimum atomic E-state index is 0.620. The molecular weight excluding hydrogens is 150 g/mol. The molecule has 1 heterocycles. The van der Waals surface area contributed by atoms with Crippen molar-refractivity contribution in [3.63, 3.8) is 0 Å². The lowest BCUT2D eigenvalue weighted by Gasteiger charge is -2.22. The molecule has 0 aromatic rings. The molecule has 1 fully saturated rings. The Morgan fingerprint density at radius 1 is 1.50 bits per heavy atom. The molecule has 0 saturated carbocycles. The van der Waals surface area contributed by atoms with Gasteiger partial charge in [0, 0.05) is 19.3 Å². The molecular formula is C10H21NO. The third-order valence-electron chi connectivity index (χ3n) is 2.36. The molecule has 0 aromatic carbocycles. The SMILES string of the molecule is CC(C)NCC[C@H]1CCCOC1. The van der Waals surface area contributed by atoms with Crippen molar-refractivity contribution in [3.8, 4) is 0 Å². The van der Waals surface area contributed by atoms with Crippen molar-refractivity contribution < 1.29 is 4.74 Å². The Kier molecular flexibility index (Phi) is 4.62. The van der Waals surface area contributed by atoms with Crippen molar-refractivity contribution >= 4 is 0 Å². The molecule has 0 aromatic heterocycles. The Balaban J connectivity index is 1.98. The zero-order valence-corrected chi connectivity index (χ0v) is 8.31. The number of nitrogens with one attached hydrogen (secondary N) is 1. The molecule has 12 heavy (non-hydrogen) atoms. The van der Waals surface area contributed by atoms with E-state index in [1.807, 2.05) is 0 Å². The fourth-order valence-corrected chi connectivity index (χ4v) is 1.61. The molecule has 1 aliphatic heterocycles. The lowest BCUT2D eigenvalue weighted by molar-refractivity contribution is 0.0516. The predicted molar refractivity (Wildman–Crippen MR) is 51.3 cm³/mol. The Hall–Kier alpha value is -0.0800. The third kappa shape index (κ3) is 4.07. The van der Waals surface area contributed by atoms with Gasteiger partial charge in [-0.1, -0.05) is 13.8 Å². The highest BCUT2D eigenvalue weighted by Gasteiger charge is 2.12. The zero-order chi connectivity index (χ0) is 8.81. The summed E-state index contributed by atoms with van der Waals surface area (Å²) < 4.78 is 5.41. The van der Waals surface area contributed by atoms with Gasteiger partial charge in [-0.3, -0.25) is 0 Å². The third-order valence-corrected chi connectivity index (χ3v) is 2.36. The summed E-state index contributed by atoms with van der Waals surface area (Å²) in [6.07, 6.45) is 3.89. The Labute approximate surface area is 75.7 Å². The molecule has 1 N–H and O–H groups in total. The van der Waals surface area contributed by atoms with Gasteiger partial charge >= 0.3 is 0 Å². The maximum atomic E-state index is 5.41. The summed E-state index contributed by atoms with van der Waals surface area (Å²) >= 11 is 0. The van der Waals surface area contributed by atoms with Gasteiger partial charge in [0.1, 0.15) is 0 Å². The smallest absolute Gasteiger partial charge is 0.0494 e. The monoisotopic (exact) mass is 171 g/mol. The summed E-state index contributed by atoms with van der Waals surface area (Å²) in [5.74, 6) is 0.810. The van der Waals surface area contributed by atoms with Crippen LogP contribution < -0.4 is 5.32 Å². The van der Waals surface area contributed by atoms with Gasteiger partial charge in [0.2, 0.25) is 0 Å². The van der Waals surface area contributed by atoms with E-state index in [4.69, 9.17) is 4.74 Å². The number of rotatable bonds is 4. The van der Waals surface area contributed by atoms with Gasteiger partial charge in [0.15, 0.2) is 0 Å². The van der Waals surface area contributed by atoms with Crippen LogP contribution in [0.2, 0.25) is 0 Å². The van der Waals surface area contributed by atoms with Crippen molar-refractivity contribution in [1.29, 1.82) is 0 Å². The van der Waals surface area contributed by atoms with E-state index in [9.17, 15) is 0 Å². The van der Waals surface area contributed by atoms with Gasteiger partial charge in [-0.15, -0.1) is 0 Å². The molecule has 1 aliphatic rings. The van der Waals surface area contributed by atoms with Gasteiger partial charge in [-0.05, 0) is 31.7 Å². The fraction of sp³-hybridized carbons (Fsp3) is 1.00. The highest BCUT2D eigenvalue weighted by molar-refractivity contribution is 4.65. The summed E-state index contributed by atoms with van der Waals surface area (Å²) in [6, 6.07) is 0.620. The van der Waals surface area contributed by atoms with Crippen molar-refractivity contribution in [2.24, 2.45) is 5.92 Å². The second-order valence-corrected chi connectivity index (χ2v) is 3.98. The Morgan fingerprint density at radius 3 is 2.92 bits per heavy atom. The first-order valence-corrected chi connectivity index (χ1v) is 5.10. The molecule has 2 heteroatoms. The second kappa shape index (κ2) is 5.55. The molecule has 0 radical (unpaired) electrons. The molecule has 1 atom stereocenters. The van der Waals surface area contributed by atoms with Crippen LogP contribution in [0, 0.1) is 5.92 Å². The van der Waals surface area contributed by atoms with Crippen LogP contribution in [0.15, 0.2) is 0 Å². The highest BCUT2D eigenvalue weighted by atomic mass is 16.5. The minimum Gasteiger partial charge on any atom is -0.381 e. The normalized spacial score (nSPS) is 24.8. The van der Waals surface area contributed by atoms with Crippen LogP contribution in [0.5, 0.6) is 0 Å². The number of hydrogen-bond acceptors (Lipinski definition) is 2. The van der Waals surface area contributed by atoms with E-state index in [1.54, 1.807) is 0 Å². The van der Waals surface area contributed by atoms with Crippen LogP contribution >= 0.6 is 0 Å². The van der Waals surface area contributed by atoms with Crippen LogP contribution in [0.4, 0.5) is 0 Å². The second-order valence-electron chi connectivity index (χ2n) is 3.98. The average molecular weight is 171 g/mol. The van der Waals surface area contributed by atoms with Crippen LogP contribution in [0.3, 0.4) is 0 Å². The molecule has 72 valence electrons. The van der Waals surface area contributed by atoms with Gasteiger partial charge < -0.3 is 10.1 Å². The summed E-state index contributed by atoms with van der Waals surface area (Å²) in [5.41, 5.74) is 0. The summed E-state index contributed by atoms with van der Waals surface area (Å²) in [5, 5.41) is 3.44. The van der Waals surface area contributed by atoms with Gasteiger partial charge in [-0.25, -0.2) is 0 Å². The van der Waals surface area contributed by atoms with Crippen LogP contribution in [-0.4, -0.2) is 25.8 Å². The summed E-state index contributed by atoms with van der Waals surface area (Å²) in [4.78, 5) is 0. The maximum absolute atomic E-state index is 5.41. The molecule has 0 unspecified atom stereocenters. The average Bonchev–Trinajstić information content (AvgIpc) is 2.05. The van der Waals surface area contributed by atoms with Crippen molar-refractivity contribution in [2.45, 2.75) is 39.2 Å². The lowest BCUT2D eigenvalue weighted by atomic mass is 9.99. The van der Waals surface area contributed by atoms with Crippen LogP contribution in [0.1, 0.15) is 33.1 Å². The first kappa shape index (κ1) is 10.0. The van der Waals surface area contributed by atoms with Crippen LogP contribution in [0.25, 0.3) is 0 Å². The minimum absolute atomic E-state index is 0.620. The van der Waals surface area contributed by atoms with E-state index in [-0.39, 0.29) is 0 Å². The summed E-state index contributed by atoms with van der Waals surface area (Å²) in [7, 11) is 0. The fourth-order valence-electron chi connectivity index (χ4n) is 1.61. The molecule has 0 aliphatic carbocycles. The Bertz CT molecular complexity index is 108. The number of ether oxygens (including phenoxy) is 1. The van der Waals surface area contributed by atoms with E-state index in [0.29, 0.717) is 6.04 Å². The van der Waals surface area contributed by atoms with Gasteiger partial charge in [-0.2, -0.15) is 0 Å². The van der Waals surface area contributed by atoms with E-state index < -0.39 is 0 Å². The van der Waals surface area contributed by atoms with Crippen molar-refractivity contribution in [1.82, 2.24) is 5.32 Å². The quantitative estimate of drug-likeness (QED) is 0.696. The van der Waals surface area contributed by atoms with Gasteiger partial charge in [0.05, 0.1) is 0 Å². The van der Waals surface area contributed by atoms with Gasteiger partial charge in [0.25, 0.3) is 0 Å². The summed E-state index contributed by atoms with van der Waals surface area (Å²) in [6.45, 7) is 7.49. The lowest BCUT2D eigenvalue weighted by Crippen LogP contribution is -2.27.